The Bertz CT molecular complexity index is 1220. The van der Waals surface area contributed by atoms with E-state index in [0.717, 1.165) is 10.9 Å². The zero-order chi connectivity index (χ0) is 22.5. The number of nitrogens with one attached hydrogen (secondary N) is 1. The number of rotatable bonds is 8. The maximum Gasteiger partial charge on any atom is 0.145 e. The van der Waals surface area contributed by atoms with E-state index < -0.39 is 0 Å². The molecule has 1 heterocycles. The lowest BCUT2D eigenvalue weighted by Crippen LogP contribution is -2.08. The summed E-state index contributed by atoms with van der Waals surface area (Å²) < 4.78 is 17.5. The van der Waals surface area contributed by atoms with E-state index >= 15 is 0 Å². The lowest BCUT2D eigenvalue weighted by molar-refractivity contribution is 0.242. The highest BCUT2D eigenvalue weighted by Crippen LogP contribution is 2.38. The Morgan fingerprint density at radius 2 is 1.78 bits per heavy atom. The van der Waals surface area contributed by atoms with Crippen molar-refractivity contribution < 1.29 is 14.2 Å². The van der Waals surface area contributed by atoms with Gasteiger partial charge in [0.05, 0.1) is 34.8 Å². The van der Waals surface area contributed by atoms with Crippen LogP contribution in [0.1, 0.15) is 19.4 Å². The number of halogens is 1. The topological polar surface area (TPSA) is 65.5 Å². The molecule has 1 aromatic heterocycles. The van der Waals surface area contributed by atoms with Crippen LogP contribution in [0.3, 0.4) is 0 Å². The van der Waals surface area contributed by atoms with Crippen LogP contribution < -0.4 is 19.5 Å². The molecule has 4 aromatic rings. The number of methoxy groups -OCH3 is 1. The Hall–Kier alpha value is -3.51. The highest BCUT2D eigenvalue weighted by Gasteiger charge is 2.16. The van der Waals surface area contributed by atoms with Crippen LogP contribution in [0.25, 0.3) is 10.9 Å². The van der Waals surface area contributed by atoms with Crippen LogP contribution in [0.2, 0.25) is 5.02 Å². The molecule has 1 N–H and O–H groups in total. The van der Waals surface area contributed by atoms with Crippen molar-refractivity contribution in [2.24, 2.45) is 0 Å². The molecule has 0 atom stereocenters. The molecule has 0 saturated carbocycles. The molecule has 0 fully saturated rings. The molecular weight excluding hydrogens is 426 g/mol. The van der Waals surface area contributed by atoms with Crippen molar-refractivity contribution >= 4 is 34.0 Å². The normalized spacial score (nSPS) is 10.9. The zero-order valence-corrected chi connectivity index (χ0v) is 18.9. The van der Waals surface area contributed by atoms with Gasteiger partial charge < -0.3 is 19.5 Å². The minimum atomic E-state index is -0.0453. The molecule has 164 valence electrons. The van der Waals surface area contributed by atoms with E-state index in [4.69, 9.17) is 25.8 Å². The molecule has 0 bridgehead atoms. The Morgan fingerprint density at radius 3 is 2.53 bits per heavy atom. The van der Waals surface area contributed by atoms with Crippen molar-refractivity contribution in [2.45, 2.75) is 26.6 Å². The Balaban J connectivity index is 1.73. The first-order valence-corrected chi connectivity index (χ1v) is 10.6. The standard InChI is InChI=1S/C25H24ClN3O3/c1-16(2)32-23-13-19(31-14-17-7-5-4-6-8-17)12-22-24(23)25(28-15-27-22)29-21-11-18(30-3)9-10-20(21)26/h4-13,15-16H,14H2,1-3H3,(H,27,28,29). The first-order chi connectivity index (χ1) is 15.5. The maximum absolute atomic E-state index is 6.39. The minimum absolute atomic E-state index is 0.0453. The van der Waals surface area contributed by atoms with Crippen LogP contribution in [-0.4, -0.2) is 23.2 Å². The fourth-order valence-corrected chi connectivity index (χ4v) is 3.41. The summed E-state index contributed by atoms with van der Waals surface area (Å²) in [7, 11) is 1.61. The predicted molar refractivity (Wildman–Crippen MR) is 127 cm³/mol. The van der Waals surface area contributed by atoms with Crippen LogP contribution >= 0.6 is 11.6 Å². The van der Waals surface area contributed by atoms with Crippen molar-refractivity contribution in [2.75, 3.05) is 12.4 Å². The molecule has 0 radical (unpaired) electrons. The van der Waals surface area contributed by atoms with Gasteiger partial charge in [-0.15, -0.1) is 0 Å². The van der Waals surface area contributed by atoms with Gasteiger partial charge in [-0.3, -0.25) is 0 Å². The number of aromatic nitrogens is 2. The van der Waals surface area contributed by atoms with Crippen molar-refractivity contribution in [3.8, 4) is 17.2 Å². The molecule has 3 aromatic carbocycles. The second kappa shape index (κ2) is 9.75. The maximum atomic E-state index is 6.39. The van der Waals surface area contributed by atoms with Gasteiger partial charge in [0, 0.05) is 18.2 Å². The van der Waals surface area contributed by atoms with Gasteiger partial charge in [0.25, 0.3) is 0 Å². The van der Waals surface area contributed by atoms with Crippen LogP contribution in [0.4, 0.5) is 11.5 Å². The van der Waals surface area contributed by atoms with Gasteiger partial charge in [-0.1, -0.05) is 41.9 Å². The molecule has 0 aliphatic rings. The molecule has 0 unspecified atom stereocenters. The van der Waals surface area contributed by atoms with Gasteiger partial charge in [0.1, 0.15) is 36.0 Å². The SMILES string of the molecule is COc1ccc(Cl)c(Nc2ncnc3cc(OCc4ccccc4)cc(OC(C)C)c23)c1. The van der Waals surface area contributed by atoms with E-state index in [9.17, 15) is 0 Å². The highest BCUT2D eigenvalue weighted by atomic mass is 35.5. The number of ether oxygens (including phenoxy) is 3. The van der Waals surface area contributed by atoms with Crippen molar-refractivity contribution in [3.63, 3.8) is 0 Å². The summed E-state index contributed by atoms with van der Waals surface area (Å²) >= 11 is 6.39. The van der Waals surface area contributed by atoms with Gasteiger partial charge in [-0.2, -0.15) is 0 Å². The molecule has 0 aliphatic carbocycles. The Morgan fingerprint density at radius 1 is 0.969 bits per heavy atom. The van der Waals surface area contributed by atoms with Crippen molar-refractivity contribution in [1.29, 1.82) is 0 Å². The van der Waals surface area contributed by atoms with Crippen molar-refractivity contribution in [3.05, 3.63) is 77.6 Å². The van der Waals surface area contributed by atoms with Gasteiger partial charge in [-0.25, -0.2) is 9.97 Å². The van der Waals surface area contributed by atoms with Crippen LogP contribution in [0.5, 0.6) is 17.2 Å². The average Bonchev–Trinajstić information content (AvgIpc) is 2.79. The van der Waals surface area contributed by atoms with Crippen LogP contribution in [0, 0.1) is 0 Å². The molecule has 32 heavy (non-hydrogen) atoms. The van der Waals surface area contributed by atoms with Crippen molar-refractivity contribution in [1.82, 2.24) is 9.97 Å². The molecule has 4 rings (SSSR count). The first-order valence-electron chi connectivity index (χ1n) is 10.3. The fraction of sp³-hybridized carbons (Fsp3) is 0.200. The van der Waals surface area contributed by atoms with E-state index in [1.807, 2.05) is 62.4 Å². The quantitative estimate of drug-likeness (QED) is 0.335. The van der Waals surface area contributed by atoms with Crippen LogP contribution in [-0.2, 0) is 6.61 Å². The summed E-state index contributed by atoms with van der Waals surface area (Å²) in [5.74, 6) is 2.56. The fourth-order valence-electron chi connectivity index (χ4n) is 3.25. The third-order valence-corrected chi connectivity index (χ3v) is 5.04. The largest absolute Gasteiger partial charge is 0.497 e. The summed E-state index contributed by atoms with van der Waals surface area (Å²) in [5.41, 5.74) is 2.45. The number of nitrogens with zero attached hydrogens (tertiary/aromatic N) is 2. The van der Waals surface area contributed by atoms with E-state index in [0.29, 0.717) is 45.9 Å². The van der Waals surface area contributed by atoms with E-state index in [2.05, 4.69) is 15.3 Å². The number of hydrogen-bond acceptors (Lipinski definition) is 6. The number of hydrogen-bond donors (Lipinski definition) is 1. The summed E-state index contributed by atoms with van der Waals surface area (Å²) in [4.78, 5) is 8.90. The van der Waals surface area contributed by atoms with E-state index in [1.165, 1.54) is 6.33 Å². The predicted octanol–water partition coefficient (Wildman–Crippen LogP) is 6.40. The Labute approximate surface area is 192 Å². The molecule has 0 saturated heterocycles. The van der Waals surface area contributed by atoms with E-state index in [1.54, 1.807) is 19.2 Å². The average molecular weight is 450 g/mol. The number of benzene rings is 3. The lowest BCUT2D eigenvalue weighted by Gasteiger charge is -2.17. The molecular formula is C25H24ClN3O3. The lowest BCUT2D eigenvalue weighted by atomic mass is 10.2. The molecule has 6 nitrogen and oxygen atoms in total. The second-order valence-corrected chi connectivity index (χ2v) is 7.86. The molecule has 0 spiro atoms. The van der Waals surface area contributed by atoms with Gasteiger partial charge in [0.15, 0.2) is 0 Å². The first kappa shape index (κ1) is 21.7. The Kier molecular flexibility index (Phi) is 6.61. The zero-order valence-electron chi connectivity index (χ0n) is 18.1. The minimum Gasteiger partial charge on any atom is -0.497 e. The molecule has 0 amide bonds. The van der Waals surface area contributed by atoms with Crippen LogP contribution in [0.15, 0.2) is 67.0 Å². The third-order valence-electron chi connectivity index (χ3n) is 4.71. The number of anilines is 2. The summed E-state index contributed by atoms with van der Waals surface area (Å²) in [6, 6.07) is 19.1. The van der Waals surface area contributed by atoms with Gasteiger partial charge in [-0.05, 0) is 31.5 Å². The molecule has 0 aliphatic heterocycles. The summed E-state index contributed by atoms with van der Waals surface area (Å²) in [6.45, 7) is 4.39. The highest BCUT2D eigenvalue weighted by molar-refractivity contribution is 6.33. The summed E-state index contributed by atoms with van der Waals surface area (Å²) in [6.07, 6.45) is 1.45. The number of fused-ring (bicyclic) bond motifs is 1. The summed E-state index contributed by atoms with van der Waals surface area (Å²) in [5, 5.41) is 4.59. The van der Waals surface area contributed by atoms with Gasteiger partial charge >= 0.3 is 0 Å². The van der Waals surface area contributed by atoms with E-state index in [-0.39, 0.29) is 6.10 Å². The smallest absolute Gasteiger partial charge is 0.145 e. The monoisotopic (exact) mass is 449 g/mol. The van der Waals surface area contributed by atoms with Gasteiger partial charge in [0.2, 0.25) is 0 Å². The molecule has 7 heteroatoms. The third kappa shape index (κ3) is 5.03. The second-order valence-electron chi connectivity index (χ2n) is 7.45.